The van der Waals surface area contributed by atoms with Crippen molar-refractivity contribution in [3.63, 3.8) is 0 Å². The molecule has 1 aromatic heterocycles. The molecule has 0 fully saturated rings. The molecule has 1 amide bonds. The number of hydrogen-bond donors (Lipinski definition) is 2. The Morgan fingerprint density at radius 3 is 2.33 bits per heavy atom. The number of thiophene rings is 1. The van der Waals surface area contributed by atoms with Gasteiger partial charge >= 0.3 is 0 Å². The van der Waals surface area contributed by atoms with E-state index < -0.39 is 10.0 Å². The van der Waals surface area contributed by atoms with E-state index in [1.165, 1.54) is 35.6 Å². The largest absolute Gasteiger partial charge is 0.352 e. The summed E-state index contributed by atoms with van der Waals surface area (Å²) in [5, 5.41) is 4.74. The number of benzene rings is 2. The highest BCUT2D eigenvalue weighted by molar-refractivity contribution is 7.89. The van der Waals surface area contributed by atoms with Crippen LogP contribution in [0.2, 0.25) is 0 Å². The van der Waals surface area contributed by atoms with Gasteiger partial charge in [-0.1, -0.05) is 36.4 Å². The lowest BCUT2D eigenvalue weighted by Gasteiger charge is -2.08. The minimum atomic E-state index is -3.61. The van der Waals surface area contributed by atoms with Crippen LogP contribution in [0.15, 0.2) is 77.0 Å². The van der Waals surface area contributed by atoms with Crippen LogP contribution in [0, 0.1) is 0 Å². The van der Waals surface area contributed by atoms with Gasteiger partial charge in [-0.05, 0) is 47.7 Å². The molecule has 0 atom stereocenters. The molecule has 140 valence electrons. The standard InChI is InChI=1S/C20H20N2O3S2/c23-20(21-13-12-16-5-2-1-3-6-16)17-8-10-19(11-9-17)27(24,25)22-15-18-7-4-14-26-18/h1-11,14,22H,12-13,15H2,(H,21,23). The molecule has 27 heavy (non-hydrogen) atoms. The molecule has 0 saturated carbocycles. The monoisotopic (exact) mass is 400 g/mol. The highest BCUT2D eigenvalue weighted by Gasteiger charge is 2.15. The van der Waals surface area contributed by atoms with Crippen LogP contribution in [0.4, 0.5) is 0 Å². The van der Waals surface area contributed by atoms with Crippen LogP contribution in [0.3, 0.4) is 0 Å². The van der Waals surface area contributed by atoms with Gasteiger partial charge in [0.1, 0.15) is 0 Å². The zero-order valence-corrected chi connectivity index (χ0v) is 16.2. The molecule has 3 rings (SSSR count). The molecule has 0 saturated heterocycles. The van der Waals surface area contributed by atoms with Crippen molar-refractivity contribution in [1.29, 1.82) is 0 Å². The first-order chi connectivity index (χ1) is 13.0. The molecule has 3 aromatic rings. The number of carbonyl (C=O) groups excluding carboxylic acids is 1. The Hall–Kier alpha value is -2.48. The third-order valence-corrected chi connectivity index (χ3v) is 6.28. The second-order valence-corrected chi connectivity index (χ2v) is 8.72. The van der Waals surface area contributed by atoms with Crippen molar-refractivity contribution in [1.82, 2.24) is 10.0 Å². The number of nitrogens with one attached hydrogen (secondary N) is 2. The molecule has 0 unspecified atom stereocenters. The number of amides is 1. The molecule has 2 N–H and O–H groups in total. The summed E-state index contributed by atoms with van der Waals surface area (Å²) in [6.45, 7) is 0.771. The average molecular weight is 401 g/mol. The van der Waals surface area contributed by atoms with Gasteiger partial charge < -0.3 is 5.32 Å². The maximum absolute atomic E-state index is 12.3. The summed E-state index contributed by atoms with van der Waals surface area (Å²) in [6.07, 6.45) is 0.742. The first kappa shape index (κ1) is 19.3. The van der Waals surface area contributed by atoms with Gasteiger partial charge in [0.25, 0.3) is 5.91 Å². The van der Waals surface area contributed by atoms with Gasteiger partial charge in [0.05, 0.1) is 4.90 Å². The summed E-state index contributed by atoms with van der Waals surface area (Å²) in [7, 11) is -3.61. The van der Waals surface area contributed by atoms with Crippen LogP contribution in [-0.4, -0.2) is 20.9 Å². The predicted molar refractivity (Wildman–Crippen MR) is 107 cm³/mol. The zero-order chi connectivity index (χ0) is 19.1. The van der Waals surface area contributed by atoms with Crippen LogP contribution in [0.1, 0.15) is 20.8 Å². The van der Waals surface area contributed by atoms with Gasteiger partial charge in [0, 0.05) is 23.5 Å². The Morgan fingerprint density at radius 2 is 1.67 bits per heavy atom. The second kappa shape index (κ2) is 8.94. The summed E-state index contributed by atoms with van der Waals surface area (Å²) in [5.41, 5.74) is 1.58. The lowest BCUT2D eigenvalue weighted by Crippen LogP contribution is -2.26. The quantitative estimate of drug-likeness (QED) is 0.610. The van der Waals surface area contributed by atoms with E-state index >= 15 is 0 Å². The Labute approximate surface area is 163 Å². The summed E-state index contributed by atoms with van der Waals surface area (Å²) in [6, 6.07) is 19.6. The van der Waals surface area contributed by atoms with Crippen LogP contribution < -0.4 is 10.0 Å². The minimum Gasteiger partial charge on any atom is -0.352 e. The Bertz CT molecular complexity index is 968. The molecule has 0 radical (unpaired) electrons. The topological polar surface area (TPSA) is 75.3 Å². The van der Waals surface area contributed by atoms with E-state index in [0.717, 1.165) is 16.9 Å². The van der Waals surface area contributed by atoms with Crippen LogP contribution in [-0.2, 0) is 23.0 Å². The molecular formula is C20H20N2O3S2. The first-order valence-corrected chi connectivity index (χ1v) is 10.8. The van der Waals surface area contributed by atoms with Crippen molar-refractivity contribution in [2.24, 2.45) is 0 Å². The van der Waals surface area contributed by atoms with E-state index in [-0.39, 0.29) is 17.3 Å². The van der Waals surface area contributed by atoms with E-state index in [2.05, 4.69) is 10.0 Å². The fourth-order valence-corrected chi connectivity index (χ4v) is 4.26. The van der Waals surface area contributed by atoms with E-state index in [0.29, 0.717) is 12.1 Å². The molecule has 0 spiro atoms. The molecule has 0 aliphatic carbocycles. The maximum atomic E-state index is 12.3. The van der Waals surface area contributed by atoms with Gasteiger partial charge in [-0.15, -0.1) is 11.3 Å². The molecule has 0 bridgehead atoms. The van der Waals surface area contributed by atoms with Crippen molar-refractivity contribution < 1.29 is 13.2 Å². The molecule has 2 aromatic carbocycles. The maximum Gasteiger partial charge on any atom is 0.251 e. The fourth-order valence-electron chi connectivity index (χ4n) is 2.52. The molecule has 1 heterocycles. The third-order valence-electron chi connectivity index (χ3n) is 3.99. The lowest BCUT2D eigenvalue weighted by atomic mass is 10.1. The van der Waals surface area contributed by atoms with Crippen molar-refractivity contribution in [3.8, 4) is 0 Å². The van der Waals surface area contributed by atoms with Crippen molar-refractivity contribution in [3.05, 3.63) is 88.1 Å². The summed E-state index contributed by atoms with van der Waals surface area (Å²) in [5.74, 6) is -0.221. The van der Waals surface area contributed by atoms with Gasteiger partial charge in [-0.25, -0.2) is 13.1 Å². The Morgan fingerprint density at radius 1 is 0.926 bits per heavy atom. The van der Waals surface area contributed by atoms with E-state index in [1.807, 2.05) is 47.8 Å². The number of hydrogen-bond acceptors (Lipinski definition) is 4. The Balaban J connectivity index is 1.54. The molecule has 0 aliphatic heterocycles. The SMILES string of the molecule is O=C(NCCc1ccccc1)c1ccc(S(=O)(=O)NCc2cccs2)cc1. The van der Waals surface area contributed by atoms with Crippen molar-refractivity contribution in [2.75, 3.05) is 6.54 Å². The normalized spacial score (nSPS) is 11.3. The smallest absolute Gasteiger partial charge is 0.251 e. The fraction of sp³-hybridized carbons (Fsp3) is 0.150. The van der Waals surface area contributed by atoms with Gasteiger partial charge in [0.15, 0.2) is 0 Å². The molecular weight excluding hydrogens is 380 g/mol. The summed E-state index contributed by atoms with van der Waals surface area (Å²) >= 11 is 1.49. The third kappa shape index (κ3) is 5.50. The predicted octanol–water partition coefficient (Wildman–Crippen LogP) is 3.20. The highest BCUT2D eigenvalue weighted by atomic mass is 32.2. The van der Waals surface area contributed by atoms with Gasteiger partial charge in [0.2, 0.25) is 10.0 Å². The van der Waals surface area contributed by atoms with Gasteiger partial charge in [-0.3, -0.25) is 4.79 Å². The van der Waals surface area contributed by atoms with Crippen molar-refractivity contribution in [2.45, 2.75) is 17.9 Å². The summed E-state index contributed by atoms with van der Waals surface area (Å²) < 4.78 is 27.2. The highest BCUT2D eigenvalue weighted by Crippen LogP contribution is 2.13. The van der Waals surface area contributed by atoms with Crippen LogP contribution >= 0.6 is 11.3 Å². The average Bonchev–Trinajstić information content (AvgIpc) is 3.21. The minimum absolute atomic E-state index is 0.139. The first-order valence-electron chi connectivity index (χ1n) is 8.49. The van der Waals surface area contributed by atoms with E-state index in [9.17, 15) is 13.2 Å². The van der Waals surface area contributed by atoms with Gasteiger partial charge in [-0.2, -0.15) is 0 Å². The van der Waals surface area contributed by atoms with Crippen LogP contribution in [0.5, 0.6) is 0 Å². The summed E-state index contributed by atoms with van der Waals surface area (Å²) in [4.78, 5) is 13.3. The zero-order valence-electron chi connectivity index (χ0n) is 14.6. The van der Waals surface area contributed by atoms with Crippen LogP contribution in [0.25, 0.3) is 0 Å². The lowest BCUT2D eigenvalue weighted by molar-refractivity contribution is 0.0954. The molecule has 5 nitrogen and oxygen atoms in total. The molecule has 7 heteroatoms. The van der Waals surface area contributed by atoms with Crippen molar-refractivity contribution >= 4 is 27.3 Å². The van der Waals surface area contributed by atoms with E-state index in [1.54, 1.807) is 0 Å². The molecule has 0 aliphatic rings. The second-order valence-electron chi connectivity index (χ2n) is 5.92. The number of sulfonamides is 1. The van der Waals surface area contributed by atoms with E-state index in [4.69, 9.17) is 0 Å². The number of rotatable bonds is 8. The number of carbonyl (C=O) groups is 1. The Kier molecular flexibility index (Phi) is 6.39.